The Kier molecular flexibility index (Phi) is 6.57. The molecule has 1 aromatic heterocycles. The molecule has 2 aromatic rings. The fourth-order valence-electron chi connectivity index (χ4n) is 3.34. The molecule has 1 aromatic carbocycles. The molecule has 7 nitrogen and oxygen atoms in total. The maximum Gasteiger partial charge on any atom is 0.319 e. The summed E-state index contributed by atoms with van der Waals surface area (Å²) >= 11 is 5.96. The van der Waals surface area contributed by atoms with Gasteiger partial charge in [0.2, 0.25) is 5.95 Å². The maximum absolute atomic E-state index is 12.3. The predicted molar refractivity (Wildman–Crippen MR) is 114 cm³/mol. The number of amides is 2. The molecule has 3 N–H and O–H groups in total. The molecule has 1 aliphatic carbocycles. The fourth-order valence-corrected chi connectivity index (χ4v) is 3.57. The summed E-state index contributed by atoms with van der Waals surface area (Å²) in [4.78, 5) is 23.1. The van der Waals surface area contributed by atoms with Gasteiger partial charge in [0.1, 0.15) is 5.82 Å². The van der Waals surface area contributed by atoms with Gasteiger partial charge in [-0.2, -0.15) is 4.98 Å². The van der Waals surface area contributed by atoms with Crippen LogP contribution in [-0.4, -0.2) is 42.2 Å². The van der Waals surface area contributed by atoms with Gasteiger partial charge in [0, 0.05) is 43.1 Å². The Morgan fingerprint density at radius 1 is 1.14 bits per heavy atom. The second-order valence-electron chi connectivity index (χ2n) is 7.38. The van der Waals surface area contributed by atoms with Crippen LogP contribution in [0.4, 0.5) is 22.2 Å². The molecule has 0 bridgehead atoms. The second-order valence-corrected chi connectivity index (χ2v) is 7.82. The molecule has 3 rings (SSSR count). The molecule has 0 atom stereocenters. The van der Waals surface area contributed by atoms with Crippen molar-refractivity contribution in [1.29, 1.82) is 0 Å². The van der Waals surface area contributed by atoms with Gasteiger partial charge in [-0.1, -0.05) is 11.6 Å². The molecular weight excluding hydrogens is 376 g/mol. The predicted octanol–water partition coefficient (Wildman–Crippen LogP) is 4.05. The van der Waals surface area contributed by atoms with E-state index in [0.717, 1.165) is 42.8 Å². The molecule has 1 heterocycles. The number of halogens is 1. The zero-order chi connectivity index (χ0) is 20.1. The van der Waals surface area contributed by atoms with Gasteiger partial charge in [-0.25, -0.2) is 9.78 Å². The zero-order valence-electron chi connectivity index (χ0n) is 16.5. The Morgan fingerprint density at radius 2 is 1.86 bits per heavy atom. The standard InChI is InChI=1S/C20H27ClN6O/c1-13-12-14(21)4-9-17(13)25-20(28)24-16-7-5-15(6-8-16)23-19-22-11-10-18(26-19)27(2)3/h4,9-12,15-16H,5-8H2,1-3H3,(H,22,23,26)(H2,24,25,28)/t15-,16+. The van der Waals surface area contributed by atoms with E-state index in [-0.39, 0.29) is 12.1 Å². The lowest BCUT2D eigenvalue weighted by Crippen LogP contribution is -2.42. The van der Waals surface area contributed by atoms with Crippen LogP contribution in [0.2, 0.25) is 5.02 Å². The van der Waals surface area contributed by atoms with E-state index in [4.69, 9.17) is 11.6 Å². The first kappa shape index (κ1) is 20.2. The van der Waals surface area contributed by atoms with Crippen LogP contribution in [0.5, 0.6) is 0 Å². The Bertz CT molecular complexity index is 820. The fraction of sp³-hybridized carbons (Fsp3) is 0.450. The Morgan fingerprint density at radius 3 is 2.54 bits per heavy atom. The van der Waals surface area contributed by atoms with Crippen LogP contribution in [0.15, 0.2) is 30.5 Å². The average molecular weight is 403 g/mol. The highest BCUT2D eigenvalue weighted by molar-refractivity contribution is 6.30. The van der Waals surface area contributed by atoms with Crippen LogP contribution in [-0.2, 0) is 0 Å². The Balaban J connectivity index is 1.46. The van der Waals surface area contributed by atoms with Gasteiger partial charge in [0.15, 0.2) is 0 Å². The molecule has 0 unspecified atom stereocenters. The summed E-state index contributed by atoms with van der Waals surface area (Å²) in [5, 5.41) is 10.0. The highest BCUT2D eigenvalue weighted by atomic mass is 35.5. The molecule has 1 fully saturated rings. The van der Waals surface area contributed by atoms with Crippen molar-refractivity contribution in [2.24, 2.45) is 0 Å². The molecule has 1 aliphatic rings. The smallest absolute Gasteiger partial charge is 0.319 e. The van der Waals surface area contributed by atoms with Crippen LogP contribution in [0, 0.1) is 6.92 Å². The van der Waals surface area contributed by atoms with E-state index in [1.165, 1.54) is 0 Å². The monoisotopic (exact) mass is 402 g/mol. The largest absolute Gasteiger partial charge is 0.363 e. The molecule has 28 heavy (non-hydrogen) atoms. The molecule has 8 heteroatoms. The van der Waals surface area contributed by atoms with Gasteiger partial charge in [0.25, 0.3) is 0 Å². The van der Waals surface area contributed by atoms with E-state index in [9.17, 15) is 4.79 Å². The van der Waals surface area contributed by atoms with E-state index in [1.54, 1.807) is 12.3 Å². The van der Waals surface area contributed by atoms with Crippen molar-refractivity contribution < 1.29 is 4.79 Å². The lowest BCUT2D eigenvalue weighted by Gasteiger charge is -2.29. The third kappa shape index (κ3) is 5.48. The van der Waals surface area contributed by atoms with Gasteiger partial charge in [-0.05, 0) is 62.4 Å². The van der Waals surface area contributed by atoms with E-state index < -0.39 is 0 Å². The lowest BCUT2D eigenvalue weighted by atomic mass is 9.91. The van der Waals surface area contributed by atoms with E-state index in [0.29, 0.717) is 17.0 Å². The third-order valence-corrected chi connectivity index (χ3v) is 5.17. The number of anilines is 3. The highest BCUT2D eigenvalue weighted by Crippen LogP contribution is 2.23. The van der Waals surface area contributed by atoms with E-state index in [1.807, 2.05) is 44.1 Å². The summed E-state index contributed by atoms with van der Waals surface area (Å²) in [6.07, 6.45) is 5.51. The minimum Gasteiger partial charge on any atom is -0.363 e. The van der Waals surface area contributed by atoms with Gasteiger partial charge in [0.05, 0.1) is 0 Å². The summed E-state index contributed by atoms with van der Waals surface area (Å²) in [6.45, 7) is 1.92. The molecule has 150 valence electrons. The van der Waals surface area contributed by atoms with E-state index >= 15 is 0 Å². The normalized spacial score (nSPS) is 19.0. The van der Waals surface area contributed by atoms with Crippen molar-refractivity contribution in [1.82, 2.24) is 15.3 Å². The molecule has 0 spiro atoms. The van der Waals surface area contributed by atoms with Crippen molar-refractivity contribution >= 4 is 35.1 Å². The van der Waals surface area contributed by atoms with Gasteiger partial charge >= 0.3 is 6.03 Å². The first-order chi connectivity index (χ1) is 13.4. The van der Waals surface area contributed by atoms with Crippen LogP contribution in [0.3, 0.4) is 0 Å². The maximum atomic E-state index is 12.3. The van der Waals surface area contributed by atoms with Crippen molar-refractivity contribution in [3.63, 3.8) is 0 Å². The number of benzene rings is 1. The van der Waals surface area contributed by atoms with Crippen molar-refractivity contribution in [3.8, 4) is 0 Å². The first-order valence-corrected chi connectivity index (χ1v) is 9.89. The Labute approximate surface area is 170 Å². The van der Waals surface area contributed by atoms with Crippen molar-refractivity contribution in [2.45, 2.75) is 44.7 Å². The molecule has 0 saturated heterocycles. The minimum atomic E-state index is -0.177. The SMILES string of the molecule is Cc1cc(Cl)ccc1NC(=O)N[C@H]1CC[C@@H](Nc2nccc(N(C)C)n2)CC1. The molecule has 0 aliphatic heterocycles. The number of carbonyl (C=O) groups excluding carboxylic acids is 1. The van der Waals surface area contributed by atoms with Gasteiger partial charge in [-0.15, -0.1) is 0 Å². The summed E-state index contributed by atoms with van der Waals surface area (Å²) in [7, 11) is 3.92. The number of aryl methyl sites for hydroxylation is 1. The summed E-state index contributed by atoms with van der Waals surface area (Å²) in [5.41, 5.74) is 1.71. The minimum absolute atomic E-state index is 0.166. The number of aromatic nitrogens is 2. The van der Waals surface area contributed by atoms with Gasteiger partial charge < -0.3 is 20.9 Å². The third-order valence-electron chi connectivity index (χ3n) is 4.93. The molecule has 2 amide bonds. The topological polar surface area (TPSA) is 82.2 Å². The number of hydrogen-bond donors (Lipinski definition) is 3. The quantitative estimate of drug-likeness (QED) is 0.702. The summed E-state index contributed by atoms with van der Waals surface area (Å²) < 4.78 is 0. The van der Waals surface area contributed by atoms with Crippen molar-refractivity contribution in [3.05, 3.63) is 41.0 Å². The molecular formula is C20H27ClN6O. The van der Waals surface area contributed by atoms with E-state index in [2.05, 4.69) is 25.9 Å². The van der Waals surface area contributed by atoms with Crippen molar-refractivity contribution in [2.75, 3.05) is 29.6 Å². The highest BCUT2D eigenvalue weighted by Gasteiger charge is 2.23. The van der Waals surface area contributed by atoms with Crippen LogP contribution >= 0.6 is 11.6 Å². The summed E-state index contributed by atoms with van der Waals surface area (Å²) in [5.74, 6) is 1.53. The number of nitrogens with one attached hydrogen (secondary N) is 3. The average Bonchev–Trinajstić information content (AvgIpc) is 2.66. The molecule has 0 radical (unpaired) electrons. The number of nitrogens with zero attached hydrogens (tertiary/aromatic N) is 3. The number of carbonyl (C=O) groups is 1. The number of rotatable bonds is 5. The lowest BCUT2D eigenvalue weighted by molar-refractivity contribution is 0.243. The van der Waals surface area contributed by atoms with Crippen LogP contribution in [0.1, 0.15) is 31.2 Å². The Hall–Kier alpha value is -2.54. The second kappa shape index (κ2) is 9.10. The van der Waals surface area contributed by atoms with Crippen LogP contribution in [0.25, 0.3) is 0 Å². The molecule has 1 saturated carbocycles. The van der Waals surface area contributed by atoms with Gasteiger partial charge in [-0.3, -0.25) is 0 Å². The number of urea groups is 1. The van der Waals surface area contributed by atoms with Crippen LogP contribution < -0.4 is 20.9 Å². The first-order valence-electron chi connectivity index (χ1n) is 9.51. The summed E-state index contributed by atoms with van der Waals surface area (Å²) in [6, 6.07) is 7.61. The zero-order valence-corrected chi connectivity index (χ0v) is 17.3. The number of hydrogen-bond acceptors (Lipinski definition) is 5.